The van der Waals surface area contributed by atoms with Crippen molar-refractivity contribution in [3.05, 3.63) is 39.9 Å². The molecule has 2 amide bonds. The Morgan fingerprint density at radius 1 is 1.33 bits per heavy atom. The Morgan fingerprint density at radius 2 is 2.00 bits per heavy atom. The van der Waals surface area contributed by atoms with Crippen molar-refractivity contribution in [1.29, 1.82) is 0 Å². The van der Waals surface area contributed by atoms with Gasteiger partial charge in [0.1, 0.15) is 6.04 Å². The molecule has 1 aromatic rings. The summed E-state index contributed by atoms with van der Waals surface area (Å²) in [6.45, 7) is 5.67. The minimum Gasteiger partial charge on any atom is -0.340 e. The highest BCUT2D eigenvalue weighted by Gasteiger charge is 2.31. The van der Waals surface area contributed by atoms with E-state index in [0.29, 0.717) is 31.3 Å². The Labute approximate surface area is 164 Å². The normalized spacial score (nSPS) is 20.8. The van der Waals surface area contributed by atoms with Gasteiger partial charge in [-0.1, -0.05) is 19.9 Å². The third-order valence-corrected chi connectivity index (χ3v) is 5.36. The first-order valence-electron chi connectivity index (χ1n) is 9.14. The molecular formula is C19H27N3O4S. The number of carbonyl (C=O) groups excluding carboxylic acids is 2. The number of carbonyl (C=O) groups is 2. The van der Waals surface area contributed by atoms with Crippen LogP contribution < -0.4 is 5.32 Å². The number of benzene rings is 1. The van der Waals surface area contributed by atoms with Gasteiger partial charge < -0.3 is 10.2 Å². The summed E-state index contributed by atoms with van der Waals surface area (Å²) in [5.74, 6) is 1.08. The lowest BCUT2D eigenvalue weighted by molar-refractivity contribution is -0.384. The van der Waals surface area contributed by atoms with Crippen LogP contribution in [0.4, 0.5) is 5.69 Å². The van der Waals surface area contributed by atoms with Crippen LogP contribution in [0.1, 0.15) is 37.0 Å². The number of hydrogen-bond acceptors (Lipinski definition) is 5. The van der Waals surface area contributed by atoms with E-state index in [1.807, 2.05) is 11.2 Å². The first kappa shape index (κ1) is 21.2. The number of nitro benzene ring substituents is 1. The summed E-state index contributed by atoms with van der Waals surface area (Å²) in [7, 11) is 0. The molecule has 0 saturated carbocycles. The molecule has 1 heterocycles. The van der Waals surface area contributed by atoms with Gasteiger partial charge in [0.25, 0.3) is 11.6 Å². The molecule has 1 aliphatic heterocycles. The second-order valence-electron chi connectivity index (χ2n) is 7.30. The van der Waals surface area contributed by atoms with Crippen molar-refractivity contribution in [2.24, 2.45) is 11.8 Å². The number of nitrogens with zero attached hydrogens (tertiary/aromatic N) is 2. The van der Waals surface area contributed by atoms with Gasteiger partial charge in [0.2, 0.25) is 5.91 Å². The van der Waals surface area contributed by atoms with E-state index in [1.54, 1.807) is 11.8 Å². The molecule has 1 aromatic carbocycles. The summed E-state index contributed by atoms with van der Waals surface area (Å²) >= 11 is 1.61. The second kappa shape index (κ2) is 9.73. The molecule has 1 fully saturated rings. The lowest BCUT2D eigenvalue weighted by Crippen LogP contribution is -2.52. The number of thioether (sulfide) groups is 1. The summed E-state index contributed by atoms with van der Waals surface area (Å²) in [4.78, 5) is 37.9. The van der Waals surface area contributed by atoms with Crippen molar-refractivity contribution in [3.8, 4) is 0 Å². The average Bonchev–Trinajstić information content (AvgIpc) is 2.63. The maximum atomic E-state index is 13.0. The predicted molar refractivity (Wildman–Crippen MR) is 107 cm³/mol. The smallest absolute Gasteiger partial charge is 0.270 e. The molecular weight excluding hydrogens is 366 g/mol. The van der Waals surface area contributed by atoms with Crippen molar-refractivity contribution in [2.45, 2.75) is 32.7 Å². The molecule has 148 valence electrons. The Morgan fingerprint density at radius 3 is 2.59 bits per heavy atom. The fourth-order valence-electron chi connectivity index (χ4n) is 3.56. The molecule has 0 aromatic heterocycles. The zero-order valence-electron chi connectivity index (χ0n) is 16.0. The SMILES string of the molecule is CSCCC(NC(=O)c1cccc([N+](=O)[O-])c1)C(=O)N1CC(C)CC(C)C1. The minimum atomic E-state index is -0.623. The van der Waals surface area contributed by atoms with Gasteiger partial charge in [-0.3, -0.25) is 19.7 Å². The number of likely N-dealkylation sites (tertiary alicyclic amines) is 1. The van der Waals surface area contributed by atoms with Crippen LogP contribution in [0.5, 0.6) is 0 Å². The minimum absolute atomic E-state index is 0.0683. The van der Waals surface area contributed by atoms with Gasteiger partial charge in [0, 0.05) is 30.8 Å². The van der Waals surface area contributed by atoms with Gasteiger partial charge >= 0.3 is 0 Å². The van der Waals surface area contributed by atoms with Gasteiger partial charge in [-0.15, -0.1) is 0 Å². The third kappa shape index (κ3) is 5.95. The lowest BCUT2D eigenvalue weighted by Gasteiger charge is -2.37. The molecule has 0 bridgehead atoms. The molecule has 3 atom stereocenters. The lowest BCUT2D eigenvalue weighted by atomic mass is 9.91. The van der Waals surface area contributed by atoms with Gasteiger partial charge in [0.05, 0.1) is 4.92 Å². The standard InChI is InChI=1S/C19H27N3O4S/c1-13-9-14(2)12-21(11-13)19(24)17(7-8-27-3)20-18(23)15-5-4-6-16(10-15)22(25)26/h4-6,10,13-14,17H,7-9,11-12H2,1-3H3,(H,20,23). The largest absolute Gasteiger partial charge is 0.340 e. The van der Waals surface area contributed by atoms with E-state index in [0.717, 1.165) is 12.2 Å². The second-order valence-corrected chi connectivity index (χ2v) is 8.29. The highest BCUT2D eigenvalue weighted by molar-refractivity contribution is 7.98. The van der Waals surface area contributed by atoms with Crippen molar-refractivity contribution in [1.82, 2.24) is 10.2 Å². The molecule has 27 heavy (non-hydrogen) atoms. The number of nitro groups is 1. The highest BCUT2D eigenvalue weighted by atomic mass is 32.2. The predicted octanol–water partition coefficient (Wildman–Crippen LogP) is 2.95. The fraction of sp³-hybridized carbons (Fsp3) is 0.579. The van der Waals surface area contributed by atoms with Crippen LogP contribution in [0.2, 0.25) is 0 Å². The number of amides is 2. The molecule has 7 nitrogen and oxygen atoms in total. The van der Waals surface area contributed by atoms with Crippen molar-refractivity contribution in [3.63, 3.8) is 0 Å². The van der Waals surface area contributed by atoms with E-state index >= 15 is 0 Å². The van der Waals surface area contributed by atoms with E-state index in [-0.39, 0.29) is 17.2 Å². The first-order valence-corrected chi connectivity index (χ1v) is 10.5. The molecule has 1 saturated heterocycles. The summed E-state index contributed by atoms with van der Waals surface area (Å²) in [5, 5.41) is 13.7. The Kier molecular flexibility index (Phi) is 7.65. The fourth-order valence-corrected chi connectivity index (χ4v) is 4.03. The van der Waals surface area contributed by atoms with Gasteiger partial charge in [-0.05, 0) is 42.8 Å². The zero-order chi connectivity index (χ0) is 20.0. The van der Waals surface area contributed by atoms with Crippen LogP contribution in [-0.2, 0) is 4.79 Å². The van der Waals surface area contributed by atoms with E-state index in [9.17, 15) is 19.7 Å². The number of piperidine rings is 1. The van der Waals surface area contributed by atoms with Crippen LogP contribution in [-0.4, -0.2) is 52.8 Å². The van der Waals surface area contributed by atoms with E-state index in [2.05, 4.69) is 19.2 Å². The Balaban J connectivity index is 2.13. The maximum absolute atomic E-state index is 13.0. The Bertz CT molecular complexity index is 687. The third-order valence-electron chi connectivity index (χ3n) is 4.71. The topological polar surface area (TPSA) is 92.5 Å². The summed E-state index contributed by atoms with van der Waals surface area (Å²) in [6, 6.07) is 4.94. The van der Waals surface area contributed by atoms with Gasteiger partial charge in [-0.25, -0.2) is 0 Å². The molecule has 1 N–H and O–H groups in total. The van der Waals surface area contributed by atoms with Crippen LogP contribution >= 0.6 is 11.8 Å². The molecule has 2 rings (SSSR count). The monoisotopic (exact) mass is 393 g/mol. The highest BCUT2D eigenvalue weighted by Crippen LogP contribution is 2.22. The summed E-state index contributed by atoms with van der Waals surface area (Å²) in [5.41, 5.74) is 0.0415. The quantitative estimate of drug-likeness (QED) is 0.568. The summed E-state index contributed by atoms with van der Waals surface area (Å²) < 4.78 is 0. The van der Waals surface area contributed by atoms with Gasteiger partial charge in [0.15, 0.2) is 0 Å². The number of nitrogens with one attached hydrogen (secondary N) is 1. The van der Waals surface area contributed by atoms with Crippen LogP contribution in [0.25, 0.3) is 0 Å². The van der Waals surface area contributed by atoms with Crippen LogP contribution in [0.3, 0.4) is 0 Å². The van der Waals surface area contributed by atoms with Crippen LogP contribution in [0, 0.1) is 22.0 Å². The molecule has 8 heteroatoms. The number of non-ortho nitro benzene ring substituents is 1. The summed E-state index contributed by atoms with van der Waals surface area (Å²) in [6.07, 6.45) is 3.58. The van der Waals surface area contributed by atoms with Crippen molar-refractivity contribution in [2.75, 3.05) is 25.1 Å². The molecule has 0 radical (unpaired) electrons. The van der Waals surface area contributed by atoms with E-state index in [4.69, 9.17) is 0 Å². The maximum Gasteiger partial charge on any atom is 0.270 e. The van der Waals surface area contributed by atoms with E-state index in [1.165, 1.54) is 24.3 Å². The van der Waals surface area contributed by atoms with Gasteiger partial charge in [-0.2, -0.15) is 11.8 Å². The molecule has 0 aliphatic carbocycles. The number of hydrogen-bond donors (Lipinski definition) is 1. The Hall–Kier alpha value is -2.09. The molecule has 1 aliphatic rings. The average molecular weight is 394 g/mol. The van der Waals surface area contributed by atoms with E-state index < -0.39 is 16.9 Å². The van der Waals surface area contributed by atoms with Crippen molar-refractivity contribution >= 4 is 29.3 Å². The zero-order valence-corrected chi connectivity index (χ0v) is 16.8. The number of rotatable bonds is 7. The van der Waals surface area contributed by atoms with Crippen molar-refractivity contribution < 1.29 is 14.5 Å². The van der Waals surface area contributed by atoms with Crippen LogP contribution in [0.15, 0.2) is 24.3 Å². The molecule has 3 unspecified atom stereocenters. The first-order chi connectivity index (χ1) is 12.8. The molecule has 0 spiro atoms.